The van der Waals surface area contributed by atoms with Crippen LogP contribution >= 0.6 is 15.9 Å². The number of hydrogen-bond donors (Lipinski definition) is 1. The van der Waals surface area contributed by atoms with Gasteiger partial charge in [0.05, 0.1) is 12.2 Å². The molecule has 8 heteroatoms. The van der Waals surface area contributed by atoms with Crippen molar-refractivity contribution < 1.29 is 9.59 Å². The molecule has 0 aliphatic carbocycles. The average Bonchev–Trinajstić information content (AvgIpc) is 3.07. The van der Waals surface area contributed by atoms with Gasteiger partial charge in [0.1, 0.15) is 0 Å². The minimum Gasteiger partial charge on any atom is -0.373 e. The van der Waals surface area contributed by atoms with Crippen LogP contribution in [0, 0.1) is 0 Å². The number of amides is 2. The summed E-state index contributed by atoms with van der Waals surface area (Å²) in [4.78, 5) is 31.7. The standard InChI is InChI=1S/C16H18BrN5O2/c1-2-14(23)20-5-7-21(8-6-20)15(24)10-19-13-9-12(17)11-22-4-3-18-16(13)22/h2-4,9,11,19H,1,5-8,10H2. The highest BCUT2D eigenvalue weighted by Gasteiger charge is 2.22. The normalized spacial score (nSPS) is 14.7. The summed E-state index contributed by atoms with van der Waals surface area (Å²) in [7, 11) is 0. The Morgan fingerprint density at radius 1 is 1.29 bits per heavy atom. The number of piperazine rings is 1. The molecule has 0 radical (unpaired) electrons. The topological polar surface area (TPSA) is 70.0 Å². The summed E-state index contributed by atoms with van der Waals surface area (Å²) in [6.07, 6.45) is 6.78. The molecule has 3 heterocycles. The highest BCUT2D eigenvalue weighted by molar-refractivity contribution is 9.10. The first-order valence-electron chi connectivity index (χ1n) is 7.63. The number of pyridine rings is 1. The molecule has 1 fully saturated rings. The fraction of sp³-hybridized carbons (Fsp3) is 0.312. The zero-order chi connectivity index (χ0) is 17.1. The minimum atomic E-state index is -0.0870. The van der Waals surface area contributed by atoms with Gasteiger partial charge in [-0.05, 0) is 28.1 Å². The molecule has 1 saturated heterocycles. The highest BCUT2D eigenvalue weighted by Crippen LogP contribution is 2.21. The first kappa shape index (κ1) is 16.5. The van der Waals surface area contributed by atoms with E-state index in [1.165, 1.54) is 6.08 Å². The molecule has 24 heavy (non-hydrogen) atoms. The summed E-state index contributed by atoms with van der Waals surface area (Å²) in [5.74, 6) is -0.0820. The van der Waals surface area contributed by atoms with Crippen molar-refractivity contribution >= 4 is 39.1 Å². The molecule has 126 valence electrons. The molecule has 1 aliphatic heterocycles. The van der Waals surface area contributed by atoms with Gasteiger partial charge in [-0.3, -0.25) is 9.59 Å². The van der Waals surface area contributed by atoms with Crippen LogP contribution in [0.4, 0.5) is 5.69 Å². The van der Waals surface area contributed by atoms with E-state index in [0.29, 0.717) is 26.2 Å². The van der Waals surface area contributed by atoms with E-state index >= 15 is 0 Å². The zero-order valence-electron chi connectivity index (χ0n) is 13.1. The van der Waals surface area contributed by atoms with Crippen LogP contribution in [0.15, 0.2) is 41.8 Å². The van der Waals surface area contributed by atoms with Crippen LogP contribution in [0.25, 0.3) is 5.65 Å². The van der Waals surface area contributed by atoms with E-state index in [9.17, 15) is 9.59 Å². The third kappa shape index (κ3) is 3.43. The Bertz CT molecular complexity index is 780. The Hall–Kier alpha value is -2.35. The molecule has 2 amide bonds. The summed E-state index contributed by atoms with van der Waals surface area (Å²) in [6, 6.07) is 1.90. The predicted molar refractivity (Wildman–Crippen MR) is 94.7 cm³/mol. The number of halogens is 1. The Morgan fingerprint density at radius 3 is 2.71 bits per heavy atom. The molecule has 7 nitrogen and oxygen atoms in total. The molecular formula is C16H18BrN5O2. The third-order valence-electron chi connectivity index (χ3n) is 4.00. The van der Waals surface area contributed by atoms with Crippen molar-refractivity contribution in [2.45, 2.75) is 0 Å². The van der Waals surface area contributed by atoms with E-state index in [0.717, 1.165) is 15.8 Å². The van der Waals surface area contributed by atoms with Crippen LogP contribution in [0.3, 0.4) is 0 Å². The molecule has 0 bridgehead atoms. The Balaban J connectivity index is 1.59. The molecule has 0 unspecified atom stereocenters. The van der Waals surface area contributed by atoms with Crippen molar-refractivity contribution in [3.05, 3.63) is 41.8 Å². The summed E-state index contributed by atoms with van der Waals surface area (Å²) in [5, 5.41) is 3.16. The fourth-order valence-corrected chi connectivity index (χ4v) is 3.17. The smallest absolute Gasteiger partial charge is 0.246 e. The fourth-order valence-electron chi connectivity index (χ4n) is 2.72. The predicted octanol–water partition coefficient (Wildman–Crippen LogP) is 1.37. The van der Waals surface area contributed by atoms with E-state index in [1.54, 1.807) is 16.0 Å². The van der Waals surface area contributed by atoms with E-state index < -0.39 is 0 Å². The van der Waals surface area contributed by atoms with E-state index in [-0.39, 0.29) is 18.4 Å². The Labute approximate surface area is 148 Å². The number of aromatic nitrogens is 2. The SMILES string of the molecule is C=CC(=O)N1CCN(C(=O)CNc2cc(Br)cn3ccnc23)CC1. The van der Waals surface area contributed by atoms with Crippen LogP contribution in [0.5, 0.6) is 0 Å². The second-order valence-corrected chi connectivity index (χ2v) is 6.41. The molecule has 2 aromatic rings. The largest absolute Gasteiger partial charge is 0.373 e. The number of imidazole rings is 1. The highest BCUT2D eigenvalue weighted by atomic mass is 79.9. The summed E-state index contributed by atoms with van der Waals surface area (Å²) in [5.41, 5.74) is 1.57. The lowest BCUT2D eigenvalue weighted by Crippen LogP contribution is -2.51. The first-order chi connectivity index (χ1) is 11.6. The molecular weight excluding hydrogens is 374 g/mol. The molecule has 3 rings (SSSR count). The molecule has 0 aromatic carbocycles. The van der Waals surface area contributed by atoms with Gasteiger partial charge >= 0.3 is 0 Å². The number of carbonyl (C=O) groups excluding carboxylic acids is 2. The van der Waals surface area contributed by atoms with Crippen molar-refractivity contribution in [1.29, 1.82) is 0 Å². The van der Waals surface area contributed by atoms with Gasteiger partial charge in [-0.25, -0.2) is 4.98 Å². The number of fused-ring (bicyclic) bond motifs is 1. The van der Waals surface area contributed by atoms with Crippen LogP contribution in [0.1, 0.15) is 0 Å². The number of anilines is 1. The lowest BCUT2D eigenvalue weighted by molar-refractivity contribution is -0.135. The molecule has 0 saturated carbocycles. The van der Waals surface area contributed by atoms with Crippen LogP contribution < -0.4 is 5.32 Å². The first-order valence-corrected chi connectivity index (χ1v) is 8.43. The van der Waals surface area contributed by atoms with Crippen LogP contribution in [-0.2, 0) is 9.59 Å². The van der Waals surface area contributed by atoms with Crippen molar-refractivity contribution in [2.24, 2.45) is 0 Å². The Kier molecular flexibility index (Phi) is 4.84. The number of carbonyl (C=O) groups is 2. The monoisotopic (exact) mass is 391 g/mol. The molecule has 1 N–H and O–H groups in total. The van der Waals surface area contributed by atoms with Crippen molar-refractivity contribution in [2.75, 3.05) is 38.0 Å². The van der Waals surface area contributed by atoms with Gasteiger partial charge in [0.25, 0.3) is 0 Å². The summed E-state index contributed by atoms with van der Waals surface area (Å²) < 4.78 is 2.79. The van der Waals surface area contributed by atoms with Gasteiger partial charge in [-0.15, -0.1) is 0 Å². The summed E-state index contributed by atoms with van der Waals surface area (Å²) in [6.45, 7) is 5.83. The third-order valence-corrected chi connectivity index (χ3v) is 4.44. The van der Waals surface area contributed by atoms with E-state index in [2.05, 4.69) is 32.8 Å². The van der Waals surface area contributed by atoms with Gasteiger partial charge in [0, 0.05) is 49.2 Å². The lowest BCUT2D eigenvalue weighted by atomic mass is 10.3. The van der Waals surface area contributed by atoms with E-state index in [4.69, 9.17) is 0 Å². The quantitative estimate of drug-likeness (QED) is 0.798. The summed E-state index contributed by atoms with van der Waals surface area (Å²) >= 11 is 3.45. The van der Waals surface area contributed by atoms with E-state index in [1.807, 2.05) is 22.9 Å². The number of rotatable bonds is 4. The zero-order valence-corrected chi connectivity index (χ0v) is 14.7. The minimum absolute atomic E-state index is 0.00498. The molecule has 0 spiro atoms. The Morgan fingerprint density at radius 2 is 2.00 bits per heavy atom. The molecule has 2 aromatic heterocycles. The van der Waals surface area contributed by atoms with Crippen LogP contribution in [-0.4, -0.2) is 63.7 Å². The second-order valence-electron chi connectivity index (χ2n) is 5.49. The second kappa shape index (κ2) is 7.04. The maximum absolute atomic E-state index is 12.4. The van der Waals surface area contributed by atoms with Gasteiger partial charge in [0.15, 0.2) is 5.65 Å². The number of hydrogen-bond acceptors (Lipinski definition) is 4. The average molecular weight is 392 g/mol. The lowest BCUT2D eigenvalue weighted by Gasteiger charge is -2.34. The van der Waals surface area contributed by atoms with Gasteiger partial charge in [-0.1, -0.05) is 6.58 Å². The van der Waals surface area contributed by atoms with Gasteiger partial charge in [0.2, 0.25) is 11.8 Å². The van der Waals surface area contributed by atoms with Crippen molar-refractivity contribution in [3.8, 4) is 0 Å². The van der Waals surface area contributed by atoms with Crippen LogP contribution in [0.2, 0.25) is 0 Å². The maximum Gasteiger partial charge on any atom is 0.246 e. The van der Waals surface area contributed by atoms with Gasteiger partial charge in [-0.2, -0.15) is 0 Å². The molecule has 0 atom stereocenters. The number of nitrogens with zero attached hydrogens (tertiary/aromatic N) is 4. The van der Waals surface area contributed by atoms with Crippen molar-refractivity contribution in [1.82, 2.24) is 19.2 Å². The maximum atomic E-state index is 12.4. The van der Waals surface area contributed by atoms with Crippen molar-refractivity contribution in [3.63, 3.8) is 0 Å². The number of nitrogens with one attached hydrogen (secondary N) is 1. The van der Waals surface area contributed by atoms with Gasteiger partial charge < -0.3 is 19.5 Å². The molecule has 1 aliphatic rings.